The van der Waals surface area contributed by atoms with Crippen LogP contribution in [0.2, 0.25) is 0 Å². The van der Waals surface area contributed by atoms with E-state index in [-0.39, 0.29) is 0 Å². The summed E-state index contributed by atoms with van der Waals surface area (Å²) in [5.74, 6) is -5.01. The molecule has 0 spiro atoms. The highest BCUT2D eigenvalue weighted by Crippen LogP contribution is 2.32. The van der Waals surface area contributed by atoms with E-state index in [1.54, 1.807) is 0 Å². The average Bonchev–Trinajstić information content (AvgIpc) is 2.07. The van der Waals surface area contributed by atoms with Gasteiger partial charge in [-0.05, 0) is 22.0 Å². The number of carboxylic acid groups (broad SMARTS) is 1. The van der Waals surface area contributed by atoms with Crippen molar-refractivity contribution in [3.63, 3.8) is 0 Å². The Kier molecular flexibility index (Phi) is 2.51. The van der Waals surface area contributed by atoms with Crippen LogP contribution in [0.25, 0.3) is 0 Å². The van der Waals surface area contributed by atoms with Crippen molar-refractivity contribution < 1.29 is 23.8 Å². The maximum Gasteiger partial charge on any atom is 0.339 e. The minimum atomic E-state index is -1.53. The van der Waals surface area contributed by atoms with Gasteiger partial charge in [-0.3, -0.25) is 0 Å². The van der Waals surface area contributed by atoms with Gasteiger partial charge in [0.2, 0.25) is 0 Å². The van der Waals surface area contributed by atoms with E-state index in [0.29, 0.717) is 6.07 Å². The number of hydrogen-bond acceptors (Lipinski definition) is 2. The third-order valence-electron chi connectivity index (χ3n) is 1.37. The summed E-state index contributed by atoms with van der Waals surface area (Å²) in [7, 11) is 0. The molecule has 0 amide bonds. The minimum Gasteiger partial charge on any atom is -0.506 e. The summed E-state index contributed by atoms with van der Waals surface area (Å²) >= 11 is 2.52. The van der Waals surface area contributed by atoms with Crippen LogP contribution in [0, 0.1) is 11.6 Å². The number of rotatable bonds is 1. The lowest BCUT2D eigenvalue weighted by Crippen LogP contribution is -2.00. The van der Waals surface area contributed by atoms with E-state index in [9.17, 15) is 13.6 Å². The Bertz CT molecular complexity index is 378. The fraction of sp³-hybridized carbons (Fsp3) is 0. The van der Waals surface area contributed by atoms with Gasteiger partial charge >= 0.3 is 5.97 Å². The third kappa shape index (κ3) is 1.62. The van der Waals surface area contributed by atoms with Gasteiger partial charge in [0.15, 0.2) is 11.6 Å². The molecule has 2 N–H and O–H groups in total. The van der Waals surface area contributed by atoms with Gasteiger partial charge in [0.1, 0.15) is 11.3 Å². The lowest BCUT2D eigenvalue weighted by Gasteiger charge is -2.03. The maximum absolute atomic E-state index is 12.7. The number of benzene rings is 1. The Morgan fingerprint density at radius 3 is 2.46 bits per heavy atom. The van der Waals surface area contributed by atoms with Crippen LogP contribution in [0.4, 0.5) is 8.78 Å². The molecule has 0 saturated carbocycles. The van der Waals surface area contributed by atoms with Crippen LogP contribution in [0.5, 0.6) is 5.75 Å². The third-order valence-corrected chi connectivity index (χ3v) is 2.09. The maximum atomic E-state index is 12.7. The van der Waals surface area contributed by atoms with Crippen molar-refractivity contribution in [1.29, 1.82) is 0 Å². The van der Waals surface area contributed by atoms with Crippen molar-refractivity contribution in [3.05, 3.63) is 27.7 Å². The highest BCUT2D eigenvalue weighted by atomic mass is 79.9. The topological polar surface area (TPSA) is 57.5 Å². The first kappa shape index (κ1) is 9.91. The predicted octanol–water partition coefficient (Wildman–Crippen LogP) is 2.13. The molecule has 0 aliphatic carbocycles. The Labute approximate surface area is 79.7 Å². The molecule has 70 valence electrons. The monoisotopic (exact) mass is 252 g/mol. The summed E-state index contributed by atoms with van der Waals surface area (Å²) in [6.07, 6.45) is 0. The predicted molar refractivity (Wildman–Crippen MR) is 42.7 cm³/mol. The van der Waals surface area contributed by atoms with Crippen LogP contribution in [-0.2, 0) is 0 Å². The fourth-order valence-electron chi connectivity index (χ4n) is 0.748. The van der Waals surface area contributed by atoms with Gasteiger partial charge < -0.3 is 10.2 Å². The molecule has 0 bridgehead atoms. The molecule has 0 heterocycles. The lowest BCUT2D eigenvalue weighted by atomic mass is 10.2. The molecule has 0 aromatic heterocycles. The molecule has 1 aromatic rings. The molecule has 0 atom stereocenters. The van der Waals surface area contributed by atoms with E-state index in [0.717, 1.165) is 0 Å². The summed E-state index contributed by atoms with van der Waals surface area (Å²) < 4.78 is 24.7. The number of hydrogen-bond donors (Lipinski definition) is 2. The molecule has 0 aliphatic rings. The van der Waals surface area contributed by atoms with Gasteiger partial charge in [-0.15, -0.1) is 0 Å². The normalized spacial score (nSPS) is 10.1. The molecule has 0 saturated heterocycles. The Hall–Kier alpha value is -1.17. The minimum absolute atomic E-state index is 0.414. The molecular weight excluding hydrogens is 250 g/mol. The number of halogens is 3. The van der Waals surface area contributed by atoms with Crippen molar-refractivity contribution >= 4 is 21.9 Å². The summed E-state index contributed by atoms with van der Waals surface area (Å²) in [6, 6.07) is 0.414. The zero-order valence-electron chi connectivity index (χ0n) is 6.01. The number of aromatic hydroxyl groups is 1. The van der Waals surface area contributed by atoms with Crippen molar-refractivity contribution in [2.45, 2.75) is 0 Å². The molecule has 13 heavy (non-hydrogen) atoms. The lowest BCUT2D eigenvalue weighted by molar-refractivity contribution is 0.0693. The van der Waals surface area contributed by atoms with Crippen molar-refractivity contribution in [1.82, 2.24) is 0 Å². The Morgan fingerprint density at radius 2 is 2.00 bits per heavy atom. The average molecular weight is 253 g/mol. The summed E-state index contributed by atoms with van der Waals surface area (Å²) in [5.41, 5.74) is -0.689. The van der Waals surface area contributed by atoms with Gasteiger partial charge in [-0.1, -0.05) is 0 Å². The van der Waals surface area contributed by atoms with Crippen LogP contribution < -0.4 is 0 Å². The van der Waals surface area contributed by atoms with Gasteiger partial charge in [0.25, 0.3) is 0 Å². The highest BCUT2D eigenvalue weighted by molar-refractivity contribution is 9.10. The second-order valence-electron chi connectivity index (χ2n) is 2.19. The molecule has 0 unspecified atom stereocenters. The first-order valence-corrected chi connectivity index (χ1v) is 3.84. The molecule has 0 radical (unpaired) electrons. The van der Waals surface area contributed by atoms with Crippen molar-refractivity contribution in [3.8, 4) is 5.75 Å². The number of carbonyl (C=O) groups is 1. The SMILES string of the molecule is O=C(O)c1cc(F)c(F)c(Br)c1O. The molecule has 3 nitrogen and oxygen atoms in total. The van der Waals surface area contributed by atoms with E-state index >= 15 is 0 Å². The fourth-order valence-corrected chi connectivity index (χ4v) is 1.15. The first-order chi connectivity index (χ1) is 5.95. The standard InChI is InChI=1S/C7H3BrF2O3/c8-4-5(10)3(9)1-2(6(4)11)7(12)13/h1,11H,(H,12,13). The molecular formula is C7H3BrF2O3. The van der Waals surface area contributed by atoms with Gasteiger partial charge in [-0.25, -0.2) is 13.6 Å². The zero-order valence-corrected chi connectivity index (χ0v) is 7.60. The highest BCUT2D eigenvalue weighted by Gasteiger charge is 2.19. The van der Waals surface area contributed by atoms with Crippen LogP contribution in [0.15, 0.2) is 10.5 Å². The first-order valence-electron chi connectivity index (χ1n) is 3.05. The van der Waals surface area contributed by atoms with E-state index in [1.165, 1.54) is 0 Å². The van der Waals surface area contributed by atoms with Crippen molar-refractivity contribution in [2.24, 2.45) is 0 Å². The Morgan fingerprint density at radius 1 is 1.46 bits per heavy atom. The van der Waals surface area contributed by atoms with Gasteiger partial charge in [-0.2, -0.15) is 0 Å². The van der Waals surface area contributed by atoms with Crippen LogP contribution >= 0.6 is 15.9 Å². The van der Waals surface area contributed by atoms with E-state index in [1.807, 2.05) is 0 Å². The van der Waals surface area contributed by atoms with E-state index in [2.05, 4.69) is 15.9 Å². The number of carboxylic acids is 1. The van der Waals surface area contributed by atoms with Crippen LogP contribution in [0.3, 0.4) is 0 Å². The summed E-state index contributed by atoms with van der Waals surface area (Å²) in [5, 5.41) is 17.5. The van der Waals surface area contributed by atoms with E-state index < -0.39 is 33.4 Å². The zero-order chi connectivity index (χ0) is 10.2. The largest absolute Gasteiger partial charge is 0.506 e. The van der Waals surface area contributed by atoms with Crippen molar-refractivity contribution in [2.75, 3.05) is 0 Å². The smallest absolute Gasteiger partial charge is 0.339 e. The summed E-state index contributed by atoms with van der Waals surface area (Å²) in [4.78, 5) is 10.4. The molecule has 0 aliphatic heterocycles. The molecule has 6 heteroatoms. The van der Waals surface area contributed by atoms with Gasteiger partial charge in [0, 0.05) is 0 Å². The van der Waals surface area contributed by atoms with Crippen LogP contribution in [0.1, 0.15) is 10.4 Å². The molecule has 1 rings (SSSR count). The number of phenols is 1. The Balaban J connectivity index is 3.50. The molecule has 0 fully saturated rings. The molecule has 1 aromatic carbocycles. The quantitative estimate of drug-likeness (QED) is 0.753. The second kappa shape index (κ2) is 3.29. The van der Waals surface area contributed by atoms with Crippen LogP contribution in [-0.4, -0.2) is 16.2 Å². The number of aromatic carboxylic acids is 1. The van der Waals surface area contributed by atoms with E-state index in [4.69, 9.17) is 10.2 Å². The van der Waals surface area contributed by atoms with Gasteiger partial charge in [0.05, 0.1) is 4.47 Å². The summed E-state index contributed by atoms with van der Waals surface area (Å²) in [6.45, 7) is 0. The second-order valence-corrected chi connectivity index (χ2v) is 2.98.